The molecule has 0 radical (unpaired) electrons. The second-order valence-corrected chi connectivity index (χ2v) is 9.00. The number of amidine groups is 1. The summed E-state index contributed by atoms with van der Waals surface area (Å²) in [5.74, 6) is -1.09. The Morgan fingerprint density at radius 1 is 1.25 bits per heavy atom. The molecule has 4 rings (SSSR count). The van der Waals surface area contributed by atoms with Crippen molar-refractivity contribution in [1.82, 2.24) is 14.5 Å². The third-order valence-corrected chi connectivity index (χ3v) is 6.28. The molecule has 3 N–H and O–H groups in total. The van der Waals surface area contributed by atoms with E-state index in [4.69, 9.17) is 5.73 Å². The molecule has 0 spiro atoms. The second kappa shape index (κ2) is 7.96. The van der Waals surface area contributed by atoms with Crippen LogP contribution in [0, 0.1) is 0 Å². The number of carbonyl (C=O) groups is 1. The van der Waals surface area contributed by atoms with Crippen LogP contribution in [0.1, 0.15) is 5.56 Å². The molecule has 2 aliphatic heterocycles. The van der Waals surface area contributed by atoms with Gasteiger partial charge in [0.2, 0.25) is 0 Å². The van der Waals surface area contributed by atoms with Crippen LogP contribution in [0.25, 0.3) is 0 Å². The lowest BCUT2D eigenvalue weighted by Gasteiger charge is -2.30. The molecule has 0 saturated heterocycles. The molecular weight excluding hydrogens is 436 g/mol. The minimum absolute atomic E-state index is 0.0158. The number of anilines is 2. The molecule has 2 aromatic rings. The SMILES string of the molecule is CN(C(=O)C1=CC=CN2CCS(=O)(=O)N=C12)c1c(N)n(Cc2ccccc2)c(=O)[nH]c1=O. The summed E-state index contributed by atoms with van der Waals surface area (Å²) >= 11 is 0. The predicted molar refractivity (Wildman–Crippen MR) is 120 cm³/mol. The minimum atomic E-state index is -3.71. The normalized spacial score (nSPS) is 16.7. The number of sulfonamides is 1. The maximum absolute atomic E-state index is 13.2. The number of hydrogen-bond acceptors (Lipinski definition) is 7. The molecular formula is C20H20N6O5S. The quantitative estimate of drug-likeness (QED) is 0.637. The fourth-order valence-corrected chi connectivity index (χ4v) is 4.48. The van der Waals surface area contributed by atoms with Crippen LogP contribution in [-0.4, -0.2) is 54.0 Å². The van der Waals surface area contributed by atoms with E-state index in [1.54, 1.807) is 41.4 Å². The Balaban J connectivity index is 1.75. The van der Waals surface area contributed by atoms with Gasteiger partial charge in [0.15, 0.2) is 11.5 Å². The lowest BCUT2D eigenvalue weighted by Crippen LogP contribution is -2.45. The first-order valence-corrected chi connectivity index (χ1v) is 11.2. The number of nitrogens with one attached hydrogen (secondary N) is 1. The zero-order chi connectivity index (χ0) is 23.0. The molecule has 11 nitrogen and oxygen atoms in total. The van der Waals surface area contributed by atoms with E-state index in [-0.39, 0.29) is 41.8 Å². The number of aromatic nitrogens is 2. The van der Waals surface area contributed by atoms with Gasteiger partial charge in [-0.1, -0.05) is 30.3 Å². The highest BCUT2D eigenvalue weighted by molar-refractivity contribution is 7.90. The van der Waals surface area contributed by atoms with Gasteiger partial charge in [0.05, 0.1) is 17.9 Å². The number of nitrogen functional groups attached to an aromatic ring is 1. The summed E-state index contributed by atoms with van der Waals surface area (Å²) in [6, 6.07) is 9.01. The van der Waals surface area contributed by atoms with Crippen molar-refractivity contribution in [3.63, 3.8) is 0 Å². The van der Waals surface area contributed by atoms with Crippen LogP contribution in [-0.2, 0) is 21.4 Å². The first-order chi connectivity index (χ1) is 15.2. The molecule has 2 aliphatic rings. The molecule has 166 valence electrons. The highest BCUT2D eigenvalue weighted by atomic mass is 32.2. The van der Waals surface area contributed by atoms with Crippen molar-refractivity contribution in [3.05, 3.63) is 80.7 Å². The zero-order valence-corrected chi connectivity index (χ0v) is 17.9. The van der Waals surface area contributed by atoms with Gasteiger partial charge < -0.3 is 15.5 Å². The second-order valence-electron chi connectivity index (χ2n) is 7.25. The number of H-pyrrole nitrogens is 1. The number of nitrogens with two attached hydrogens (primary N) is 1. The maximum atomic E-state index is 13.2. The van der Waals surface area contributed by atoms with Gasteiger partial charge in [0.25, 0.3) is 21.5 Å². The highest BCUT2D eigenvalue weighted by Gasteiger charge is 2.33. The molecule has 0 saturated carbocycles. The fourth-order valence-electron chi connectivity index (χ4n) is 3.49. The van der Waals surface area contributed by atoms with Crippen LogP contribution >= 0.6 is 0 Å². The smallest absolute Gasteiger partial charge is 0.330 e. The minimum Gasteiger partial charge on any atom is -0.383 e. The number of likely N-dealkylation sites (N-methyl/N-ethyl adjacent to an activating group) is 1. The van der Waals surface area contributed by atoms with Gasteiger partial charge in [0, 0.05) is 19.8 Å². The number of fused-ring (bicyclic) bond motifs is 1. The van der Waals surface area contributed by atoms with Crippen molar-refractivity contribution in [3.8, 4) is 0 Å². The molecule has 0 unspecified atom stereocenters. The number of amides is 1. The summed E-state index contributed by atoms with van der Waals surface area (Å²) in [6.07, 6.45) is 4.62. The summed E-state index contributed by atoms with van der Waals surface area (Å²) in [6.45, 7) is 0.234. The zero-order valence-electron chi connectivity index (χ0n) is 17.1. The van der Waals surface area contributed by atoms with Crippen molar-refractivity contribution in [2.24, 2.45) is 4.40 Å². The van der Waals surface area contributed by atoms with Gasteiger partial charge >= 0.3 is 5.69 Å². The largest absolute Gasteiger partial charge is 0.383 e. The van der Waals surface area contributed by atoms with E-state index < -0.39 is 27.2 Å². The summed E-state index contributed by atoms with van der Waals surface area (Å²) in [5.41, 5.74) is 5.13. The van der Waals surface area contributed by atoms with Crippen molar-refractivity contribution in [2.45, 2.75) is 6.54 Å². The molecule has 0 aliphatic carbocycles. The van der Waals surface area contributed by atoms with E-state index in [0.29, 0.717) is 0 Å². The van der Waals surface area contributed by atoms with Gasteiger partial charge in [-0.2, -0.15) is 0 Å². The van der Waals surface area contributed by atoms with E-state index in [1.165, 1.54) is 13.1 Å². The van der Waals surface area contributed by atoms with Crippen molar-refractivity contribution in [1.29, 1.82) is 0 Å². The molecule has 3 heterocycles. The Morgan fingerprint density at radius 3 is 2.69 bits per heavy atom. The molecule has 0 fully saturated rings. The fraction of sp³-hybridized carbons (Fsp3) is 0.200. The number of nitrogens with zero attached hydrogens (tertiary/aromatic N) is 4. The summed E-state index contributed by atoms with van der Waals surface area (Å²) in [4.78, 5) is 42.9. The maximum Gasteiger partial charge on any atom is 0.330 e. The Morgan fingerprint density at radius 2 is 1.97 bits per heavy atom. The number of benzene rings is 1. The molecule has 0 atom stereocenters. The van der Waals surface area contributed by atoms with Gasteiger partial charge in [-0.25, -0.2) is 13.2 Å². The standard InChI is InChI=1S/C20H20N6O5S/c1-24(19(28)14-8-5-9-25-10-11-32(30,31)23-17(14)25)15-16(21)26(20(29)22-18(15)27)12-13-6-3-2-4-7-13/h2-9H,10-12,21H2,1H3,(H,22,27,29). The van der Waals surface area contributed by atoms with E-state index in [0.717, 1.165) is 15.0 Å². The van der Waals surface area contributed by atoms with Gasteiger partial charge in [0.1, 0.15) is 5.82 Å². The monoisotopic (exact) mass is 456 g/mol. The third kappa shape index (κ3) is 3.87. The van der Waals surface area contributed by atoms with E-state index in [9.17, 15) is 22.8 Å². The Bertz CT molecular complexity index is 1400. The van der Waals surface area contributed by atoms with E-state index in [2.05, 4.69) is 9.38 Å². The first kappa shape index (κ1) is 21.3. The Kier molecular flexibility index (Phi) is 5.30. The van der Waals surface area contributed by atoms with Crippen LogP contribution in [0.3, 0.4) is 0 Å². The summed E-state index contributed by atoms with van der Waals surface area (Å²) in [7, 11) is -2.39. The van der Waals surface area contributed by atoms with Crippen LogP contribution in [0.5, 0.6) is 0 Å². The van der Waals surface area contributed by atoms with Gasteiger partial charge in [-0.3, -0.25) is 19.1 Å². The summed E-state index contributed by atoms with van der Waals surface area (Å²) in [5, 5.41) is 0. The Labute approximate surface area is 182 Å². The number of aromatic amines is 1. The lowest BCUT2D eigenvalue weighted by molar-refractivity contribution is -0.114. The molecule has 1 amide bonds. The predicted octanol–water partition coefficient (Wildman–Crippen LogP) is -0.372. The molecule has 12 heteroatoms. The van der Waals surface area contributed by atoms with Gasteiger partial charge in [-0.05, 0) is 17.7 Å². The molecule has 0 bridgehead atoms. The van der Waals surface area contributed by atoms with Crippen LogP contribution in [0.15, 0.2) is 68.2 Å². The number of hydrogen-bond donors (Lipinski definition) is 2. The van der Waals surface area contributed by atoms with Crippen LogP contribution < -0.4 is 21.9 Å². The Hall–Kier alpha value is -3.93. The van der Waals surface area contributed by atoms with Crippen molar-refractivity contribution < 1.29 is 13.2 Å². The van der Waals surface area contributed by atoms with Gasteiger partial charge in [-0.15, -0.1) is 4.40 Å². The lowest BCUT2D eigenvalue weighted by atomic mass is 10.1. The average Bonchev–Trinajstić information content (AvgIpc) is 2.75. The van der Waals surface area contributed by atoms with E-state index in [1.807, 2.05) is 6.07 Å². The third-order valence-electron chi connectivity index (χ3n) is 5.13. The van der Waals surface area contributed by atoms with Crippen molar-refractivity contribution >= 4 is 33.3 Å². The number of allylic oxidation sites excluding steroid dienone is 2. The molecule has 1 aromatic heterocycles. The molecule has 1 aromatic carbocycles. The topological polar surface area (TPSA) is 151 Å². The van der Waals surface area contributed by atoms with Crippen LogP contribution in [0.4, 0.5) is 11.5 Å². The van der Waals surface area contributed by atoms with Crippen LogP contribution in [0.2, 0.25) is 0 Å². The average molecular weight is 456 g/mol. The first-order valence-electron chi connectivity index (χ1n) is 9.60. The highest BCUT2D eigenvalue weighted by Crippen LogP contribution is 2.23. The van der Waals surface area contributed by atoms with Crippen molar-refractivity contribution in [2.75, 3.05) is 30.0 Å². The van der Waals surface area contributed by atoms with E-state index >= 15 is 0 Å². The number of carbonyl (C=O) groups excluding carboxylic acids is 1. The number of rotatable bonds is 4. The molecule has 32 heavy (non-hydrogen) atoms. The summed E-state index contributed by atoms with van der Waals surface area (Å²) < 4.78 is 28.8.